The number of fused-ring (bicyclic) bond motifs is 1. The molecule has 1 N–H and O–H groups in total. The van der Waals surface area contributed by atoms with Crippen molar-refractivity contribution in [2.24, 2.45) is 11.8 Å². The van der Waals surface area contributed by atoms with Crippen LogP contribution in [-0.2, 0) is 9.47 Å². The van der Waals surface area contributed by atoms with E-state index in [-0.39, 0.29) is 24.0 Å². The third-order valence-electron chi connectivity index (χ3n) is 4.64. The molecule has 1 saturated carbocycles. The van der Waals surface area contributed by atoms with Crippen LogP contribution >= 0.6 is 11.3 Å². The van der Waals surface area contributed by atoms with Gasteiger partial charge in [0.2, 0.25) is 0 Å². The number of rotatable bonds is 5. The number of ether oxygens (including phenoxy) is 2. The maximum atomic E-state index is 12.4. The van der Waals surface area contributed by atoms with E-state index >= 15 is 0 Å². The molecule has 116 valence electrons. The number of thiophene rings is 1. The minimum absolute atomic E-state index is 0.0367. The molecule has 1 aromatic heterocycles. The molecule has 21 heavy (non-hydrogen) atoms. The summed E-state index contributed by atoms with van der Waals surface area (Å²) in [5, 5.41) is 5.15. The van der Waals surface area contributed by atoms with Crippen LogP contribution in [0.3, 0.4) is 0 Å². The molecule has 0 unspecified atom stereocenters. The number of amides is 1. The van der Waals surface area contributed by atoms with Gasteiger partial charge in [-0.2, -0.15) is 0 Å². The molecule has 2 heterocycles. The lowest BCUT2D eigenvalue weighted by Gasteiger charge is -2.47. The molecular weight excluding hydrogens is 286 g/mol. The Hall–Kier alpha value is -0.910. The van der Waals surface area contributed by atoms with Crippen LogP contribution in [0.25, 0.3) is 0 Å². The molecule has 0 aromatic carbocycles. The molecule has 4 atom stereocenters. The lowest BCUT2D eigenvalue weighted by Crippen LogP contribution is -2.62. The van der Waals surface area contributed by atoms with E-state index in [1.807, 2.05) is 11.4 Å². The van der Waals surface area contributed by atoms with Gasteiger partial charge in [-0.1, -0.05) is 13.8 Å². The molecule has 0 radical (unpaired) electrons. The second-order valence-corrected chi connectivity index (χ2v) is 7.24. The summed E-state index contributed by atoms with van der Waals surface area (Å²) >= 11 is 1.66. The van der Waals surface area contributed by atoms with Crippen molar-refractivity contribution in [1.29, 1.82) is 0 Å². The van der Waals surface area contributed by atoms with Gasteiger partial charge in [-0.15, -0.1) is 11.3 Å². The fourth-order valence-electron chi connectivity index (χ4n) is 3.44. The monoisotopic (exact) mass is 309 g/mol. The first kappa shape index (κ1) is 15.0. The third-order valence-corrected chi connectivity index (χ3v) is 5.87. The molecule has 2 fully saturated rings. The highest BCUT2D eigenvalue weighted by atomic mass is 32.1. The summed E-state index contributed by atoms with van der Waals surface area (Å²) in [4.78, 5) is 13.7. The molecule has 5 heteroatoms. The van der Waals surface area contributed by atoms with E-state index < -0.39 is 0 Å². The SMILES string of the molecule is COC[C@H]1[C@H](NC(=O)c2csc(C(C)C)c2)[C@H]2CCO[C@H]21. The maximum absolute atomic E-state index is 12.4. The fourth-order valence-corrected chi connectivity index (χ4v) is 4.35. The topological polar surface area (TPSA) is 47.6 Å². The molecule has 0 bridgehead atoms. The van der Waals surface area contributed by atoms with E-state index in [0.29, 0.717) is 18.4 Å². The number of hydrogen-bond acceptors (Lipinski definition) is 4. The van der Waals surface area contributed by atoms with Crippen molar-refractivity contribution in [2.45, 2.75) is 38.3 Å². The highest BCUT2D eigenvalue weighted by molar-refractivity contribution is 7.10. The second kappa shape index (κ2) is 6.07. The number of nitrogens with one attached hydrogen (secondary N) is 1. The molecule has 1 saturated heterocycles. The van der Waals surface area contributed by atoms with E-state index in [4.69, 9.17) is 9.47 Å². The maximum Gasteiger partial charge on any atom is 0.252 e. The van der Waals surface area contributed by atoms with Crippen molar-refractivity contribution < 1.29 is 14.3 Å². The first-order valence-corrected chi connectivity index (χ1v) is 8.49. The summed E-state index contributed by atoms with van der Waals surface area (Å²) < 4.78 is 11.0. The van der Waals surface area contributed by atoms with Gasteiger partial charge in [0.25, 0.3) is 5.91 Å². The fraction of sp³-hybridized carbons (Fsp3) is 0.688. The Kier molecular flexibility index (Phi) is 4.33. The zero-order valence-electron chi connectivity index (χ0n) is 12.8. The molecule has 0 spiro atoms. The lowest BCUT2D eigenvalue weighted by molar-refractivity contribution is -0.0809. The summed E-state index contributed by atoms with van der Waals surface area (Å²) in [6.45, 7) is 5.74. The number of carbonyl (C=O) groups is 1. The molecule has 3 rings (SSSR count). The van der Waals surface area contributed by atoms with Crippen molar-refractivity contribution in [3.05, 3.63) is 21.9 Å². The first-order valence-electron chi connectivity index (χ1n) is 7.61. The van der Waals surface area contributed by atoms with Gasteiger partial charge in [-0.3, -0.25) is 4.79 Å². The van der Waals surface area contributed by atoms with Crippen LogP contribution < -0.4 is 5.32 Å². The van der Waals surface area contributed by atoms with Crippen LogP contribution in [0.5, 0.6) is 0 Å². The lowest BCUT2D eigenvalue weighted by atomic mass is 9.67. The van der Waals surface area contributed by atoms with Gasteiger partial charge in [0.15, 0.2) is 0 Å². The third kappa shape index (κ3) is 2.74. The van der Waals surface area contributed by atoms with Gasteiger partial charge in [0.05, 0.1) is 18.3 Å². The largest absolute Gasteiger partial charge is 0.384 e. The van der Waals surface area contributed by atoms with Crippen molar-refractivity contribution in [1.82, 2.24) is 5.32 Å². The Bertz CT molecular complexity index is 513. The highest BCUT2D eigenvalue weighted by Gasteiger charge is 2.54. The average Bonchev–Trinajstić information content (AvgIpc) is 3.09. The Morgan fingerprint density at radius 2 is 2.38 bits per heavy atom. The molecule has 2 aliphatic rings. The standard InChI is InChI=1S/C16H23NO3S/c1-9(2)13-6-10(8-21-13)16(18)17-14-11-4-5-20-15(11)12(14)7-19-3/h6,8-9,11-12,14-15H,4-5,7H2,1-3H3,(H,17,18)/t11-,12+,14-,15-/m1/s1. The van der Waals surface area contributed by atoms with Crippen LogP contribution in [0, 0.1) is 11.8 Å². The summed E-state index contributed by atoms with van der Waals surface area (Å²) in [6, 6.07) is 2.20. The van der Waals surface area contributed by atoms with E-state index in [1.165, 1.54) is 4.88 Å². The Labute approximate surface area is 129 Å². The average molecular weight is 309 g/mol. The van der Waals surface area contributed by atoms with Crippen molar-refractivity contribution in [3.8, 4) is 0 Å². The van der Waals surface area contributed by atoms with Crippen molar-refractivity contribution in [3.63, 3.8) is 0 Å². The first-order chi connectivity index (χ1) is 10.1. The quantitative estimate of drug-likeness (QED) is 0.909. The normalized spacial score (nSPS) is 31.0. The Morgan fingerprint density at radius 3 is 3.05 bits per heavy atom. The number of hydrogen-bond donors (Lipinski definition) is 1. The second-order valence-electron chi connectivity index (χ2n) is 6.30. The highest BCUT2D eigenvalue weighted by Crippen LogP contribution is 2.43. The van der Waals surface area contributed by atoms with E-state index in [2.05, 4.69) is 19.2 Å². The van der Waals surface area contributed by atoms with Crippen molar-refractivity contribution >= 4 is 17.2 Å². The van der Waals surface area contributed by atoms with E-state index in [0.717, 1.165) is 18.6 Å². The molecule has 1 aliphatic carbocycles. The van der Waals surface area contributed by atoms with Gasteiger partial charge in [0, 0.05) is 41.9 Å². The molecule has 1 aliphatic heterocycles. The zero-order chi connectivity index (χ0) is 15.0. The molecule has 1 aromatic rings. The minimum atomic E-state index is 0.0367. The minimum Gasteiger partial charge on any atom is -0.384 e. The zero-order valence-corrected chi connectivity index (χ0v) is 13.6. The predicted octanol–water partition coefficient (Wildman–Crippen LogP) is 2.65. The number of carbonyl (C=O) groups excluding carboxylic acids is 1. The molecular formula is C16H23NO3S. The van der Waals surface area contributed by atoms with Crippen LogP contribution in [-0.4, -0.2) is 38.4 Å². The predicted molar refractivity (Wildman–Crippen MR) is 82.9 cm³/mol. The Balaban J connectivity index is 1.65. The summed E-state index contributed by atoms with van der Waals surface area (Å²) in [5.74, 6) is 1.25. The molecule has 4 nitrogen and oxygen atoms in total. The van der Waals surface area contributed by atoms with Crippen LogP contribution in [0.15, 0.2) is 11.4 Å². The smallest absolute Gasteiger partial charge is 0.252 e. The van der Waals surface area contributed by atoms with Gasteiger partial charge in [-0.25, -0.2) is 0 Å². The summed E-state index contributed by atoms with van der Waals surface area (Å²) in [7, 11) is 1.70. The van der Waals surface area contributed by atoms with E-state index in [9.17, 15) is 4.79 Å². The van der Waals surface area contributed by atoms with Crippen molar-refractivity contribution in [2.75, 3.05) is 20.3 Å². The van der Waals surface area contributed by atoms with E-state index in [1.54, 1.807) is 18.4 Å². The van der Waals surface area contributed by atoms with Gasteiger partial charge >= 0.3 is 0 Å². The van der Waals surface area contributed by atoms with Crippen LogP contribution in [0.1, 0.15) is 41.4 Å². The summed E-state index contributed by atoms with van der Waals surface area (Å²) in [5.41, 5.74) is 0.780. The Morgan fingerprint density at radius 1 is 1.57 bits per heavy atom. The van der Waals surface area contributed by atoms with Gasteiger partial charge < -0.3 is 14.8 Å². The van der Waals surface area contributed by atoms with Crippen LogP contribution in [0.2, 0.25) is 0 Å². The number of methoxy groups -OCH3 is 1. The van der Waals surface area contributed by atoms with Gasteiger partial charge in [-0.05, 0) is 18.4 Å². The van der Waals surface area contributed by atoms with Gasteiger partial charge in [0.1, 0.15) is 0 Å². The molecule has 1 amide bonds. The summed E-state index contributed by atoms with van der Waals surface area (Å²) in [6.07, 6.45) is 1.31. The van der Waals surface area contributed by atoms with Crippen LogP contribution in [0.4, 0.5) is 0 Å².